The smallest absolute Gasteiger partial charge is 0.410 e. The first-order chi connectivity index (χ1) is 11.7. The number of carbonyl (C=O) groups excluding carboxylic acids is 2. The number of hydrogen-bond acceptors (Lipinski definition) is 3. The predicted molar refractivity (Wildman–Crippen MR) is 98.5 cm³/mol. The molecule has 0 spiro atoms. The van der Waals surface area contributed by atoms with Crippen LogP contribution >= 0.6 is 0 Å². The molecular formula is C20H30N2O3. The Morgan fingerprint density at radius 2 is 1.56 bits per heavy atom. The van der Waals surface area contributed by atoms with Gasteiger partial charge in [0.1, 0.15) is 5.60 Å². The standard InChI is InChI=1S/C20H30N2O3/c1-16-8-10-17(11-9-16)6-5-7-18(23)21-12-14-22(15-13-21)19(24)25-20(2,3)4/h8-11H,5-7,12-15H2,1-4H3. The van der Waals surface area contributed by atoms with Crippen molar-refractivity contribution in [3.05, 3.63) is 35.4 Å². The highest BCUT2D eigenvalue weighted by atomic mass is 16.6. The summed E-state index contributed by atoms with van der Waals surface area (Å²) in [6, 6.07) is 8.46. The topological polar surface area (TPSA) is 49.9 Å². The minimum Gasteiger partial charge on any atom is -0.444 e. The molecule has 1 aliphatic rings. The van der Waals surface area contributed by atoms with E-state index in [9.17, 15) is 9.59 Å². The fourth-order valence-electron chi connectivity index (χ4n) is 2.82. The molecule has 25 heavy (non-hydrogen) atoms. The number of piperazine rings is 1. The molecule has 1 saturated heterocycles. The molecule has 1 aromatic rings. The van der Waals surface area contributed by atoms with Crippen molar-refractivity contribution < 1.29 is 14.3 Å². The first-order valence-electron chi connectivity index (χ1n) is 9.06. The minimum atomic E-state index is -0.486. The van der Waals surface area contributed by atoms with Gasteiger partial charge in [0, 0.05) is 32.6 Å². The molecule has 2 rings (SSSR count). The Bertz CT molecular complexity index is 582. The van der Waals surface area contributed by atoms with Gasteiger partial charge in [-0.1, -0.05) is 29.8 Å². The number of carbonyl (C=O) groups is 2. The summed E-state index contributed by atoms with van der Waals surface area (Å²) in [4.78, 5) is 27.9. The van der Waals surface area contributed by atoms with Crippen LogP contribution in [-0.4, -0.2) is 53.6 Å². The molecule has 2 amide bonds. The second-order valence-electron chi connectivity index (χ2n) is 7.69. The van der Waals surface area contributed by atoms with Crippen molar-refractivity contribution in [3.8, 4) is 0 Å². The molecule has 1 aromatic carbocycles. The van der Waals surface area contributed by atoms with E-state index in [1.807, 2.05) is 25.7 Å². The highest BCUT2D eigenvalue weighted by Gasteiger charge is 2.27. The third-order valence-electron chi connectivity index (χ3n) is 4.26. The average Bonchev–Trinajstić information content (AvgIpc) is 2.55. The van der Waals surface area contributed by atoms with Crippen LogP contribution in [0.1, 0.15) is 44.7 Å². The largest absolute Gasteiger partial charge is 0.444 e. The average molecular weight is 346 g/mol. The van der Waals surface area contributed by atoms with Crippen molar-refractivity contribution in [2.45, 2.75) is 52.6 Å². The van der Waals surface area contributed by atoms with E-state index < -0.39 is 5.60 Å². The number of rotatable bonds is 4. The van der Waals surface area contributed by atoms with Crippen LogP contribution in [0.2, 0.25) is 0 Å². The Morgan fingerprint density at radius 3 is 2.12 bits per heavy atom. The summed E-state index contributed by atoms with van der Waals surface area (Å²) in [6.45, 7) is 9.91. The minimum absolute atomic E-state index is 0.177. The summed E-state index contributed by atoms with van der Waals surface area (Å²) >= 11 is 0. The number of ether oxygens (including phenoxy) is 1. The molecular weight excluding hydrogens is 316 g/mol. The predicted octanol–water partition coefficient (Wildman–Crippen LogP) is 3.40. The molecule has 1 aliphatic heterocycles. The Hall–Kier alpha value is -2.04. The van der Waals surface area contributed by atoms with Crippen LogP contribution in [0.25, 0.3) is 0 Å². The van der Waals surface area contributed by atoms with Gasteiger partial charge in [0.05, 0.1) is 0 Å². The SMILES string of the molecule is Cc1ccc(CCCC(=O)N2CCN(C(=O)OC(C)(C)C)CC2)cc1. The monoisotopic (exact) mass is 346 g/mol. The van der Waals surface area contributed by atoms with Gasteiger partial charge in [-0.3, -0.25) is 4.79 Å². The van der Waals surface area contributed by atoms with Crippen LogP contribution < -0.4 is 0 Å². The molecule has 0 aromatic heterocycles. The van der Waals surface area contributed by atoms with Crippen molar-refractivity contribution in [3.63, 3.8) is 0 Å². The maximum atomic E-state index is 12.3. The van der Waals surface area contributed by atoms with Gasteiger partial charge in [0.15, 0.2) is 0 Å². The van der Waals surface area contributed by atoms with Crippen molar-refractivity contribution in [1.29, 1.82) is 0 Å². The lowest BCUT2D eigenvalue weighted by Crippen LogP contribution is -2.51. The first kappa shape index (κ1) is 19.3. The van der Waals surface area contributed by atoms with Crippen molar-refractivity contribution in [2.75, 3.05) is 26.2 Å². The van der Waals surface area contributed by atoms with E-state index in [-0.39, 0.29) is 12.0 Å². The van der Waals surface area contributed by atoms with Crippen LogP contribution in [0.3, 0.4) is 0 Å². The molecule has 0 aliphatic carbocycles. The number of amides is 2. The van der Waals surface area contributed by atoms with E-state index in [4.69, 9.17) is 4.74 Å². The highest BCUT2D eigenvalue weighted by molar-refractivity contribution is 5.76. The lowest BCUT2D eigenvalue weighted by atomic mass is 10.1. The third kappa shape index (κ3) is 6.40. The van der Waals surface area contributed by atoms with E-state index in [2.05, 4.69) is 31.2 Å². The Kier molecular flexibility index (Phi) is 6.45. The van der Waals surface area contributed by atoms with E-state index in [1.54, 1.807) is 4.90 Å². The number of hydrogen-bond donors (Lipinski definition) is 0. The third-order valence-corrected chi connectivity index (χ3v) is 4.26. The fraction of sp³-hybridized carbons (Fsp3) is 0.600. The van der Waals surface area contributed by atoms with Gasteiger partial charge < -0.3 is 14.5 Å². The van der Waals surface area contributed by atoms with Crippen LogP contribution in [0, 0.1) is 6.92 Å². The molecule has 0 unspecified atom stereocenters. The van der Waals surface area contributed by atoms with Crippen molar-refractivity contribution >= 4 is 12.0 Å². The molecule has 5 nitrogen and oxygen atoms in total. The van der Waals surface area contributed by atoms with Crippen molar-refractivity contribution in [1.82, 2.24) is 9.80 Å². The molecule has 1 heterocycles. The maximum Gasteiger partial charge on any atom is 0.410 e. The maximum absolute atomic E-state index is 12.3. The quantitative estimate of drug-likeness (QED) is 0.839. The highest BCUT2D eigenvalue weighted by Crippen LogP contribution is 2.13. The molecule has 0 radical (unpaired) electrons. The molecule has 5 heteroatoms. The summed E-state index contributed by atoms with van der Waals surface area (Å²) in [5.41, 5.74) is 2.04. The molecule has 138 valence electrons. The number of benzene rings is 1. The Labute approximate surface area is 150 Å². The van der Waals surface area contributed by atoms with Gasteiger partial charge in [-0.2, -0.15) is 0 Å². The van der Waals surface area contributed by atoms with Gasteiger partial charge in [-0.05, 0) is 46.1 Å². The zero-order valence-electron chi connectivity index (χ0n) is 15.9. The first-order valence-corrected chi connectivity index (χ1v) is 9.06. The Morgan fingerprint density at radius 1 is 1.00 bits per heavy atom. The van der Waals surface area contributed by atoms with Gasteiger partial charge in [-0.15, -0.1) is 0 Å². The van der Waals surface area contributed by atoms with Crippen LogP contribution in [-0.2, 0) is 16.0 Å². The van der Waals surface area contributed by atoms with E-state index >= 15 is 0 Å². The normalized spacial score (nSPS) is 15.2. The lowest BCUT2D eigenvalue weighted by molar-refractivity contribution is -0.133. The molecule has 0 atom stereocenters. The molecule has 0 N–H and O–H groups in total. The van der Waals surface area contributed by atoms with Crippen molar-refractivity contribution in [2.24, 2.45) is 0 Å². The van der Waals surface area contributed by atoms with E-state index in [0.29, 0.717) is 32.6 Å². The van der Waals surface area contributed by atoms with Crippen LogP contribution in [0.4, 0.5) is 4.79 Å². The van der Waals surface area contributed by atoms with Crippen LogP contribution in [0.5, 0.6) is 0 Å². The zero-order valence-corrected chi connectivity index (χ0v) is 15.9. The molecule has 0 saturated carbocycles. The molecule has 1 fully saturated rings. The van der Waals surface area contributed by atoms with E-state index in [1.165, 1.54) is 11.1 Å². The number of aryl methyl sites for hydroxylation is 2. The summed E-state index contributed by atoms with van der Waals surface area (Å²) in [5, 5.41) is 0. The second kappa shape index (κ2) is 8.37. The summed E-state index contributed by atoms with van der Waals surface area (Å²) in [7, 11) is 0. The molecule has 0 bridgehead atoms. The van der Waals surface area contributed by atoms with Gasteiger partial charge in [-0.25, -0.2) is 4.79 Å². The Balaban J connectivity index is 1.70. The lowest BCUT2D eigenvalue weighted by Gasteiger charge is -2.35. The zero-order chi connectivity index (χ0) is 18.4. The summed E-state index contributed by atoms with van der Waals surface area (Å²) in [5.74, 6) is 0.177. The fourth-order valence-corrected chi connectivity index (χ4v) is 2.82. The second-order valence-corrected chi connectivity index (χ2v) is 7.69. The van der Waals surface area contributed by atoms with Crippen LogP contribution in [0.15, 0.2) is 24.3 Å². The number of nitrogens with zero attached hydrogens (tertiary/aromatic N) is 2. The van der Waals surface area contributed by atoms with Gasteiger partial charge >= 0.3 is 6.09 Å². The van der Waals surface area contributed by atoms with Gasteiger partial charge in [0.25, 0.3) is 0 Å². The summed E-state index contributed by atoms with van der Waals surface area (Å²) in [6.07, 6.45) is 2.04. The van der Waals surface area contributed by atoms with Gasteiger partial charge in [0.2, 0.25) is 5.91 Å². The summed E-state index contributed by atoms with van der Waals surface area (Å²) < 4.78 is 5.38. The van der Waals surface area contributed by atoms with E-state index in [0.717, 1.165) is 12.8 Å².